The van der Waals surface area contributed by atoms with E-state index in [9.17, 15) is 9.59 Å². The average molecular weight is 351 g/mol. The number of hydrogen-bond acceptors (Lipinski definition) is 4. The third-order valence-electron chi connectivity index (χ3n) is 5.20. The Labute approximate surface area is 151 Å². The Balaban J connectivity index is 1.71. The maximum absolute atomic E-state index is 12.7. The molecule has 0 aliphatic carbocycles. The molecule has 1 N–H and O–H groups in total. The summed E-state index contributed by atoms with van der Waals surface area (Å²) >= 11 is 0. The monoisotopic (exact) mass is 351 g/mol. The van der Waals surface area contributed by atoms with Crippen LogP contribution in [0.15, 0.2) is 42.2 Å². The number of rotatable bonds is 3. The number of aliphatic carboxylic acids is 1. The van der Waals surface area contributed by atoms with Gasteiger partial charge in [-0.05, 0) is 18.4 Å². The Morgan fingerprint density at radius 3 is 2.62 bits per heavy atom. The number of hydrogen-bond donors (Lipinski definition) is 1. The highest BCUT2D eigenvalue weighted by Gasteiger charge is 2.27. The zero-order chi connectivity index (χ0) is 18.1. The molecule has 4 rings (SSSR count). The molecule has 0 atom stereocenters. The van der Waals surface area contributed by atoms with Crippen molar-refractivity contribution in [2.75, 3.05) is 19.6 Å². The summed E-state index contributed by atoms with van der Waals surface area (Å²) in [5.41, 5.74) is 4.10. The van der Waals surface area contributed by atoms with Crippen molar-refractivity contribution in [3.8, 4) is 0 Å². The van der Waals surface area contributed by atoms with E-state index in [0.29, 0.717) is 13.1 Å². The predicted octanol–water partition coefficient (Wildman–Crippen LogP) is 2.45. The van der Waals surface area contributed by atoms with Crippen LogP contribution in [0.3, 0.4) is 0 Å². The number of Topliss-reactive ketones (excluding diaryl/α,β-unsaturated/α-hetero) is 1. The summed E-state index contributed by atoms with van der Waals surface area (Å²) in [6.07, 6.45) is 5.52. The number of ketones is 1. The maximum Gasteiger partial charge on any atom is 0.304 e. The Bertz CT molecular complexity index is 887. The molecule has 0 radical (unpaired) electrons. The Morgan fingerprint density at radius 1 is 1.15 bits per heavy atom. The third kappa shape index (κ3) is 3.08. The van der Waals surface area contributed by atoms with Crippen molar-refractivity contribution in [2.24, 2.45) is 0 Å². The molecule has 2 aliphatic rings. The van der Waals surface area contributed by atoms with Crippen LogP contribution in [-0.4, -0.2) is 50.9 Å². The topological polar surface area (TPSA) is 75.4 Å². The fourth-order valence-electron chi connectivity index (χ4n) is 3.87. The second-order valence-corrected chi connectivity index (χ2v) is 6.81. The molecule has 1 fully saturated rings. The molecule has 26 heavy (non-hydrogen) atoms. The standard InChI is InChI=1S/C20H21N3O3/c24-17-13-23-12-8-21-20(23)19(16-4-2-1-3-15(16)17)14-5-9-22(10-6-14)11-7-18(25)26/h1-4,8,12H,5-7,9-11,13H2,(H,25,26). The van der Waals surface area contributed by atoms with E-state index in [2.05, 4.69) is 9.88 Å². The molecule has 0 amide bonds. The number of carbonyl (C=O) groups is 2. The molecule has 3 heterocycles. The first kappa shape index (κ1) is 16.7. The molecule has 2 aliphatic heterocycles. The Kier molecular flexibility index (Phi) is 4.42. The van der Waals surface area contributed by atoms with Gasteiger partial charge in [-0.3, -0.25) is 9.59 Å². The lowest BCUT2D eigenvalue weighted by Crippen LogP contribution is -2.33. The molecule has 0 saturated carbocycles. The predicted molar refractivity (Wildman–Crippen MR) is 96.9 cm³/mol. The van der Waals surface area contributed by atoms with E-state index >= 15 is 0 Å². The van der Waals surface area contributed by atoms with Gasteiger partial charge in [0, 0.05) is 43.2 Å². The summed E-state index contributed by atoms with van der Waals surface area (Å²) in [6, 6.07) is 7.78. The zero-order valence-corrected chi connectivity index (χ0v) is 14.5. The third-order valence-corrected chi connectivity index (χ3v) is 5.20. The minimum absolute atomic E-state index is 0.106. The molecule has 1 aromatic heterocycles. The molecule has 0 spiro atoms. The normalized spacial score (nSPS) is 17.6. The second-order valence-electron chi connectivity index (χ2n) is 6.81. The van der Waals surface area contributed by atoms with Gasteiger partial charge < -0.3 is 14.6 Å². The van der Waals surface area contributed by atoms with Gasteiger partial charge in [0.15, 0.2) is 5.78 Å². The minimum atomic E-state index is -0.757. The fraction of sp³-hybridized carbons (Fsp3) is 0.350. The van der Waals surface area contributed by atoms with E-state index in [-0.39, 0.29) is 12.2 Å². The van der Waals surface area contributed by atoms with Crippen LogP contribution >= 0.6 is 0 Å². The lowest BCUT2D eigenvalue weighted by atomic mass is 9.89. The van der Waals surface area contributed by atoms with Gasteiger partial charge in [-0.2, -0.15) is 0 Å². The van der Waals surface area contributed by atoms with Crippen LogP contribution in [-0.2, 0) is 11.3 Å². The molecule has 2 aromatic rings. The van der Waals surface area contributed by atoms with Gasteiger partial charge in [0.2, 0.25) is 0 Å². The first-order valence-electron chi connectivity index (χ1n) is 8.94. The quantitative estimate of drug-likeness (QED) is 0.919. The van der Waals surface area contributed by atoms with Crippen LogP contribution in [0.25, 0.3) is 5.57 Å². The summed E-state index contributed by atoms with van der Waals surface area (Å²) < 4.78 is 1.93. The average Bonchev–Trinajstić information content (AvgIpc) is 3.05. The fourth-order valence-corrected chi connectivity index (χ4v) is 3.87. The van der Waals surface area contributed by atoms with E-state index in [0.717, 1.165) is 48.5 Å². The number of imidazole rings is 1. The number of carboxylic acid groups (broad SMARTS) is 1. The van der Waals surface area contributed by atoms with Gasteiger partial charge in [0.05, 0.1) is 13.0 Å². The second kappa shape index (κ2) is 6.88. The number of fused-ring (bicyclic) bond motifs is 2. The van der Waals surface area contributed by atoms with Gasteiger partial charge in [-0.1, -0.05) is 29.8 Å². The van der Waals surface area contributed by atoms with Crippen LogP contribution < -0.4 is 0 Å². The summed E-state index contributed by atoms with van der Waals surface area (Å²) in [4.78, 5) is 30.2. The number of carboxylic acids is 1. The molecule has 134 valence electrons. The van der Waals surface area contributed by atoms with E-state index in [1.54, 1.807) is 6.20 Å². The van der Waals surface area contributed by atoms with E-state index in [1.807, 2.05) is 35.0 Å². The lowest BCUT2D eigenvalue weighted by molar-refractivity contribution is -0.137. The molecular weight excluding hydrogens is 330 g/mol. The molecule has 1 aromatic carbocycles. The summed E-state index contributed by atoms with van der Waals surface area (Å²) in [5.74, 6) is 0.207. The summed E-state index contributed by atoms with van der Waals surface area (Å²) in [5, 5.41) is 8.87. The molecular formula is C20H21N3O3. The first-order chi connectivity index (χ1) is 12.6. The van der Waals surface area contributed by atoms with Crippen LogP contribution in [0.2, 0.25) is 0 Å². The number of aromatic nitrogens is 2. The molecule has 1 saturated heterocycles. The van der Waals surface area contributed by atoms with Crippen molar-refractivity contribution in [1.82, 2.24) is 14.5 Å². The van der Waals surface area contributed by atoms with Gasteiger partial charge >= 0.3 is 5.97 Å². The summed E-state index contributed by atoms with van der Waals surface area (Å²) in [7, 11) is 0. The van der Waals surface area contributed by atoms with Crippen LogP contribution in [0, 0.1) is 0 Å². The first-order valence-corrected chi connectivity index (χ1v) is 8.94. The highest BCUT2D eigenvalue weighted by Crippen LogP contribution is 2.35. The Hall–Kier alpha value is -2.73. The molecule has 0 bridgehead atoms. The number of likely N-dealkylation sites (tertiary alicyclic amines) is 1. The van der Waals surface area contributed by atoms with Crippen molar-refractivity contribution in [2.45, 2.75) is 25.8 Å². The van der Waals surface area contributed by atoms with Gasteiger partial charge in [-0.25, -0.2) is 4.98 Å². The molecule has 6 heteroatoms. The van der Waals surface area contributed by atoms with E-state index in [4.69, 9.17) is 5.11 Å². The molecule has 6 nitrogen and oxygen atoms in total. The number of benzene rings is 1. The lowest BCUT2D eigenvalue weighted by Gasteiger charge is -2.29. The van der Waals surface area contributed by atoms with E-state index in [1.165, 1.54) is 5.57 Å². The van der Waals surface area contributed by atoms with E-state index < -0.39 is 5.97 Å². The largest absolute Gasteiger partial charge is 0.481 e. The number of nitrogens with zero attached hydrogens (tertiary/aromatic N) is 3. The minimum Gasteiger partial charge on any atom is -0.481 e. The van der Waals surface area contributed by atoms with Crippen LogP contribution in [0.5, 0.6) is 0 Å². The smallest absolute Gasteiger partial charge is 0.304 e. The van der Waals surface area contributed by atoms with Crippen LogP contribution in [0.4, 0.5) is 0 Å². The van der Waals surface area contributed by atoms with Crippen molar-refractivity contribution in [3.63, 3.8) is 0 Å². The highest BCUT2D eigenvalue weighted by atomic mass is 16.4. The SMILES string of the molecule is O=C(O)CCN1CCC(=C2c3ccccc3C(=O)Cn3ccnc32)CC1. The number of piperidine rings is 1. The van der Waals surface area contributed by atoms with Crippen molar-refractivity contribution in [1.29, 1.82) is 0 Å². The van der Waals surface area contributed by atoms with Crippen molar-refractivity contribution in [3.05, 3.63) is 59.2 Å². The maximum atomic E-state index is 12.7. The van der Waals surface area contributed by atoms with Crippen molar-refractivity contribution < 1.29 is 14.7 Å². The number of carbonyl (C=O) groups excluding carboxylic acids is 1. The zero-order valence-electron chi connectivity index (χ0n) is 14.5. The van der Waals surface area contributed by atoms with Gasteiger partial charge in [0.25, 0.3) is 0 Å². The Morgan fingerprint density at radius 2 is 1.88 bits per heavy atom. The van der Waals surface area contributed by atoms with Crippen LogP contribution in [0.1, 0.15) is 41.0 Å². The van der Waals surface area contributed by atoms with Gasteiger partial charge in [-0.15, -0.1) is 0 Å². The highest BCUT2D eigenvalue weighted by molar-refractivity contribution is 6.03. The van der Waals surface area contributed by atoms with Crippen molar-refractivity contribution >= 4 is 17.3 Å². The molecule has 0 unspecified atom stereocenters. The summed E-state index contributed by atoms with van der Waals surface area (Å²) in [6.45, 7) is 2.57. The van der Waals surface area contributed by atoms with Gasteiger partial charge in [0.1, 0.15) is 5.82 Å².